The number of rotatable bonds is 6. The standard InChI is InChI=1S/C19H23N3O.C3H8.C2H6/c1-14(10-11-21-15(2)13-20-3)22-19(23)18-9-8-16-6-4-5-7-17(16)12-18;1-3-2;1-2/h4-9,11-14,20H,10H2,1-3H3,(H,22,23);3H2,1-2H3;1-2H3/b15-13-,21-11?;;. The van der Waals surface area contributed by atoms with Gasteiger partial charge in [0, 0.05) is 37.5 Å². The van der Waals surface area contributed by atoms with Crippen molar-refractivity contribution in [2.75, 3.05) is 7.05 Å². The Hall–Kier alpha value is -2.62. The summed E-state index contributed by atoms with van der Waals surface area (Å²) in [5.41, 5.74) is 1.58. The van der Waals surface area contributed by atoms with Gasteiger partial charge in [-0.25, -0.2) is 0 Å². The Balaban J connectivity index is 0.00000133. The average Bonchev–Trinajstić information content (AvgIpc) is 2.70. The molecule has 1 unspecified atom stereocenters. The molecule has 1 amide bonds. The van der Waals surface area contributed by atoms with Crippen LogP contribution in [-0.4, -0.2) is 25.2 Å². The lowest BCUT2D eigenvalue weighted by molar-refractivity contribution is 0.0941. The van der Waals surface area contributed by atoms with Gasteiger partial charge in [0.2, 0.25) is 0 Å². The van der Waals surface area contributed by atoms with Gasteiger partial charge in [0.25, 0.3) is 5.91 Å². The van der Waals surface area contributed by atoms with Crippen LogP contribution in [0.15, 0.2) is 59.4 Å². The van der Waals surface area contributed by atoms with Crippen LogP contribution in [0.3, 0.4) is 0 Å². The first-order valence-corrected chi connectivity index (χ1v) is 10.2. The van der Waals surface area contributed by atoms with Crippen LogP contribution in [0.25, 0.3) is 10.8 Å². The van der Waals surface area contributed by atoms with E-state index < -0.39 is 0 Å². The Morgan fingerprint density at radius 3 is 2.32 bits per heavy atom. The zero-order valence-electron chi connectivity index (χ0n) is 18.5. The molecular weight excluding hydrogens is 346 g/mol. The summed E-state index contributed by atoms with van der Waals surface area (Å²) >= 11 is 0. The highest BCUT2D eigenvalue weighted by atomic mass is 16.1. The van der Waals surface area contributed by atoms with Crippen molar-refractivity contribution in [3.05, 3.63) is 59.9 Å². The quantitative estimate of drug-likeness (QED) is 0.606. The summed E-state index contributed by atoms with van der Waals surface area (Å²) in [6.07, 6.45) is 5.59. The normalized spacial score (nSPS) is 11.8. The molecule has 0 saturated heterocycles. The van der Waals surface area contributed by atoms with Gasteiger partial charge in [0.05, 0.1) is 5.70 Å². The number of hydrogen-bond donors (Lipinski definition) is 2. The molecule has 2 aromatic rings. The number of allylic oxidation sites excluding steroid dienone is 1. The topological polar surface area (TPSA) is 53.5 Å². The maximum atomic E-state index is 12.3. The van der Waals surface area contributed by atoms with Gasteiger partial charge in [-0.1, -0.05) is 64.4 Å². The van der Waals surface area contributed by atoms with E-state index in [2.05, 4.69) is 29.5 Å². The van der Waals surface area contributed by atoms with Gasteiger partial charge in [-0.2, -0.15) is 0 Å². The van der Waals surface area contributed by atoms with E-state index in [4.69, 9.17) is 0 Å². The SMILES string of the molecule is CC.CCC.CN/C=C(/C)N=CCC(C)NC(=O)c1ccc2ccccc2c1. The zero-order chi connectivity index (χ0) is 21.4. The first kappa shape index (κ1) is 25.4. The van der Waals surface area contributed by atoms with Crippen LogP contribution in [0.2, 0.25) is 0 Å². The van der Waals surface area contributed by atoms with Crippen LogP contribution in [0.1, 0.15) is 64.7 Å². The van der Waals surface area contributed by atoms with Crippen LogP contribution >= 0.6 is 0 Å². The van der Waals surface area contributed by atoms with Crippen molar-refractivity contribution in [1.82, 2.24) is 10.6 Å². The molecular formula is C24H37N3O. The molecule has 4 heteroatoms. The van der Waals surface area contributed by atoms with Crippen LogP contribution < -0.4 is 10.6 Å². The Kier molecular flexibility index (Phi) is 14.0. The highest BCUT2D eigenvalue weighted by molar-refractivity contribution is 5.98. The molecule has 2 N–H and O–H groups in total. The molecule has 0 radical (unpaired) electrons. The van der Waals surface area contributed by atoms with Gasteiger partial charge in [0.1, 0.15) is 0 Å². The molecule has 2 rings (SSSR count). The minimum Gasteiger partial charge on any atom is -0.393 e. The number of carbonyl (C=O) groups excluding carboxylic acids is 1. The molecule has 0 aliphatic rings. The average molecular weight is 384 g/mol. The second kappa shape index (κ2) is 15.4. The van der Waals surface area contributed by atoms with Crippen molar-refractivity contribution in [2.24, 2.45) is 4.99 Å². The summed E-state index contributed by atoms with van der Waals surface area (Å²) in [5.74, 6) is -0.0564. The molecule has 1 atom stereocenters. The number of amides is 1. The Bertz CT molecular complexity index is 750. The van der Waals surface area contributed by atoms with Crippen molar-refractivity contribution < 1.29 is 4.79 Å². The third-order valence-electron chi connectivity index (χ3n) is 3.50. The molecule has 0 spiro atoms. The highest BCUT2D eigenvalue weighted by Crippen LogP contribution is 2.15. The van der Waals surface area contributed by atoms with Crippen LogP contribution in [0.4, 0.5) is 0 Å². The Labute approximate surface area is 171 Å². The lowest BCUT2D eigenvalue weighted by Gasteiger charge is -2.12. The van der Waals surface area contributed by atoms with Gasteiger partial charge < -0.3 is 10.6 Å². The van der Waals surface area contributed by atoms with Gasteiger partial charge in [-0.3, -0.25) is 9.79 Å². The smallest absolute Gasteiger partial charge is 0.251 e. The van der Waals surface area contributed by atoms with Crippen molar-refractivity contribution in [1.29, 1.82) is 0 Å². The van der Waals surface area contributed by atoms with E-state index in [0.29, 0.717) is 12.0 Å². The first-order chi connectivity index (χ1) is 13.5. The summed E-state index contributed by atoms with van der Waals surface area (Å²) in [6.45, 7) is 12.1. The molecule has 0 aliphatic carbocycles. The maximum absolute atomic E-state index is 12.3. The van der Waals surface area contributed by atoms with Gasteiger partial charge >= 0.3 is 0 Å². The molecule has 0 aliphatic heterocycles. The summed E-state index contributed by atoms with van der Waals surface area (Å²) < 4.78 is 0. The third kappa shape index (κ3) is 9.91. The van der Waals surface area contributed by atoms with E-state index in [1.807, 2.05) is 89.6 Å². The van der Waals surface area contributed by atoms with E-state index in [-0.39, 0.29) is 11.9 Å². The maximum Gasteiger partial charge on any atom is 0.251 e. The van der Waals surface area contributed by atoms with Crippen LogP contribution in [0.5, 0.6) is 0 Å². The molecule has 4 nitrogen and oxygen atoms in total. The summed E-state index contributed by atoms with van der Waals surface area (Å²) in [4.78, 5) is 16.6. The second-order valence-electron chi connectivity index (χ2n) is 6.27. The molecule has 0 bridgehead atoms. The zero-order valence-corrected chi connectivity index (χ0v) is 18.5. The van der Waals surface area contributed by atoms with Crippen molar-refractivity contribution in [2.45, 2.75) is 60.4 Å². The lowest BCUT2D eigenvalue weighted by atomic mass is 10.1. The molecule has 2 aromatic carbocycles. The predicted molar refractivity (Wildman–Crippen MR) is 124 cm³/mol. The molecule has 0 heterocycles. The fourth-order valence-corrected chi connectivity index (χ4v) is 2.30. The van der Waals surface area contributed by atoms with Gasteiger partial charge in [0.15, 0.2) is 0 Å². The van der Waals surface area contributed by atoms with E-state index in [0.717, 1.165) is 16.5 Å². The molecule has 0 saturated carbocycles. The largest absolute Gasteiger partial charge is 0.393 e. The molecule has 154 valence electrons. The van der Waals surface area contributed by atoms with Crippen LogP contribution in [0, 0.1) is 0 Å². The molecule has 0 aromatic heterocycles. The monoisotopic (exact) mass is 383 g/mol. The Morgan fingerprint density at radius 1 is 1.11 bits per heavy atom. The summed E-state index contributed by atoms with van der Waals surface area (Å²) in [6, 6.07) is 13.8. The Morgan fingerprint density at radius 2 is 1.71 bits per heavy atom. The van der Waals surface area contributed by atoms with E-state index in [1.165, 1.54) is 6.42 Å². The number of benzene rings is 2. The molecule has 0 fully saturated rings. The fourth-order valence-electron chi connectivity index (χ4n) is 2.30. The molecule has 28 heavy (non-hydrogen) atoms. The number of aliphatic imine (C=N–C) groups is 1. The van der Waals surface area contributed by atoms with Crippen molar-refractivity contribution in [3.63, 3.8) is 0 Å². The number of nitrogens with one attached hydrogen (secondary N) is 2. The summed E-state index contributed by atoms with van der Waals surface area (Å²) in [7, 11) is 1.84. The van der Waals surface area contributed by atoms with Crippen LogP contribution in [-0.2, 0) is 0 Å². The summed E-state index contributed by atoms with van der Waals surface area (Å²) in [5, 5.41) is 8.14. The van der Waals surface area contributed by atoms with Gasteiger partial charge in [-0.05, 0) is 36.8 Å². The number of carbonyl (C=O) groups is 1. The predicted octanol–water partition coefficient (Wildman–Crippen LogP) is 5.94. The van der Waals surface area contributed by atoms with E-state index >= 15 is 0 Å². The number of hydrogen-bond acceptors (Lipinski definition) is 3. The van der Waals surface area contributed by atoms with E-state index in [9.17, 15) is 4.79 Å². The van der Waals surface area contributed by atoms with Crippen molar-refractivity contribution >= 4 is 22.9 Å². The van der Waals surface area contributed by atoms with Gasteiger partial charge in [-0.15, -0.1) is 0 Å². The van der Waals surface area contributed by atoms with E-state index in [1.54, 1.807) is 0 Å². The van der Waals surface area contributed by atoms with Crippen molar-refractivity contribution in [3.8, 4) is 0 Å². The minimum absolute atomic E-state index is 0.0279. The number of nitrogens with zero attached hydrogens (tertiary/aromatic N) is 1. The first-order valence-electron chi connectivity index (χ1n) is 10.2. The fraction of sp³-hybridized carbons (Fsp3) is 0.417. The second-order valence-corrected chi connectivity index (χ2v) is 6.27. The highest BCUT2D eigenvalue weighted by Gasteiger charge is 2.09. The minimum atomic E-state index is -0.0564. The third-order valence-corrected chi connectivity index (χ3v) is 3.50. The lowest BCUT2D eigenvalue weighted by Crippen LogP contribution is -2.32. The number of fused-ring (bicyclic) bond motifs is 1.